The van der Waals surface area contributed by atoms with Gasteiger partial charge in [0.2, 0.25) is 0 Å². The number of benzene rings is 4. The van der Waals surface area contributed by atoms with Gasteiger partial charge in [-0.3, -0.25) is 9.69 Å². The molecule has 0 unspecified atom stereocenters. The van der Waals surface area contributed by atoms with Crippen LogP contribution in [0.2, 0.25) is 0 Å². The first-order chi connectivity index (χ1) is 18.7. The van der Waals surface area contributed by atoms with Crippen molar-refractivity contribution in [3.8, 4) is 5.75 Å². The van der Waals surface area contributed by atoms with Crippen LogP contribution in [0.4, 0.5) is 0 Å². The van der Waals surface area contributed by atoms with Crippen molar-refractivity contribution in [3.05, 3.63) is 137 Å². The van der Waals surface area contributed by atoms with Crippen molar-refractivity contribution >= 4 is 5.91 Å². The lowest BCUT2D eigenvalue weighted by Crippen LogP contribution is -2.49. The summed E-state index contributed by atoms with van der Waals surface area (Å²) in [5.41, 5.74) is 5.20. The van der Waals surface area contributed by atoms with Crippen LogP contribution in [0.1, 0.15) is 38.7 Å². The number of ether oxygens (including phenoxy) is 2. The molecule has 4 aromatic rings. The van der Waals surface area contributed by atoms with E-state index in [1.807, 2.05) is 53.4 Å². The highest BCUT2D eigenvalue weighted by Gasteiger charge is 2.28. The highest BCUT2D eigenvalue weighted by molar-refractivity contribution is 5.94. The van der Waals surface area contributed by atoms with E-state index in [0.29, 0.717) is 31.9 Å². The van der Waals surface area contributed by atoms with Crippen LogP contribution < -0.4 is 4.74 Å². The summed E-state index contributed by atoms with van der Waals surface area (Å²) in [6.07, 6.45) is 0. The van der Waals surface area contributed by atoms with E-state index in [2.05, 4.69) is 65.6 Å². The molecule has 0 aliphatic carbocycles. The molecule has 5 rings (SSSR count). The van der Waals surface area contributed by atoms with Gasteiger partial charge in [0.25, 0.3) is 5.91 Å². The van der Waals surface area contributed by atoms with Crippen LogP contribution in [0, 0.1) is 0 Å². The van der Waals surface area contributed by atoms with Gasteiger partial charge in [-0.15, -0.1) is 0 Å². The minimum absolute atomic E-state index is 0.0487. The lowest BCUT2D eigenvalue weighted by Gasteiger charge is -2.40. The molecule has 1 saturated heterocycles. The topological polar surface area (TPSA) is 42.0 Å². The van der Waals surface area contributed by atoms with Crippen LogP contribution in [-0.4, -0.2) is 49.0 Å². The van der Waals surface area contributed by atoms with Crippen molar-refractivity contribution in [3.63, 3.8) is 0 Å². The van der Waals surface area contributed by atoms with Gasteiger partial charge in [0.15, 0.2) is 0 Å². The molecule has 5 heteroatoms. The van der Waals surface area contributed by atoms with Crippen molar-refractivity contribution < 1.29 is 14.3 Å². The van der Waals surface area contributed by atoms with Crippen molar-refractivity contribution in [2.75, 3.05) is 33.3 Å². The van der Waals surface area contributed by atoms with Crippen molar-refractivity contribution in [1.29, 1.82) is 0 Å². The number of hydrogen-bond acceptors (Lipinski definition) is 4. The minimum Gasteiger partial charge on any atom is -0.496 e. The summed E-state index contributed by atoms with van der Waals surface area (Å²) in [5.74, 6) is 0.778. The van der Waals surface area contributed by atoms with Crippen molar-refractivity contribution in [1.82, 2.24) is 9.80 Å². The fourth-order valence-corrected chi connectivity index (χ4v) is 5.13. The van der Waals surface area contributed by atoms with Crippen LogP contribution in [-0.2, 0) is 18.0 Å². The third kappa shape index (κ3) is 6.13. The monoisotopic (exact) mass is 506 g/mol. The quantitative estimate of drug-likeness (QED) is 0.281. The SMILES string of the molecule is COc1ccc(C(=O)N2CCN(C(c3ccccc3)c3ccccc3)CC2)cc1COCc1ccccc1. The molecule has 1 amide bonds. The first kappa shape index (κ1) is 25.7. The van der Waals surface area contributed by atoms with Gasteiger partial charge in [0.05, 0.1) is 26.4 Å². The number of rotatable bonds is 9. The van der Waals surface area contributed by atoms with E-state index < -0.39 is 0 Å². The van der Waals surface area contributed by atoms with E-state index >= 15 is 0 Å². The average molecular weight is 507 g/mol. The van der Waals surface area contributed by atoms with Crippen LogP contribution in [0.25, 0.3) is 0 Å². The number of carbonyl (C=O) groups is 1. The summed E-state index contributed by atoms with van der Waals surface area (Å²) in [7, 11) is 1.65. The first-order valence-corrected chi connectivity index (χ1v) is 13.1. The fraction of sp³-hybridized carbons (Fsp3) is 0.242. The zero-order chi connectivity index (χ0) is 26.2. The molecule has 0 saturated carbocycles. The highest BCUT2D eigenvalue weighted by Crippen LogP contribution is 2.30. The maximum atomic E-state index is 13.5. The summed E-state index contributed by atoms with van der Waals surface area (Å²) in [5, 5.41) is 0. The van der Waals surface area contributed by atoms with Gasteiger partial charge in [0.1, 0.15) is 5.75 Å². The van der Waals surface area contributed by atoms with Crippen LogP contribution in [0.15, 0.2) is 109 Å². The molecule has 0 spiro atoms. The zero-order valence-electron chi connectivity index (χ0n) is 21.8. The predicted molar refractivity (Wildman–Crippen MR) is 150 cm³/mol. The second-order valence-electron chi connectivity index (χ2n) is 9.56. The Bertz CT molecular complexity index is 1260. The molecule has 194 valence electrons. The minimum atomic E-state index is 0.0487. The van der Waals surface area contributed by atoms with Crippen molar-refractivity contribution in [2.24, 2.45) is 0 Å². The van der Waals surface area contributed by atoms with Crippen LogP contribution in [0.5, 0.6) is 5.75 Å². The molecule has 4 aromatic carbocycles. The van der Waals surface area contributed by atoms with E-state index in [4.69, 9.17) is 9.47 Å². The summed E-state index contributed by atoms with van der Waals surface area (Å²) in [6, 6.07) is 37.1. The van der Waals surface area contributed by atoms with Gasteiger partial charge in [-0.1, -0.05) is 91.0 Å². The molecule has 1 heterocycles. The molecular formula is C33H34N2O3. The predicted octanol–water partition coefficient (Wildman–Crippen LogP) is 5.96. The Morgan fingerprint density at radius 3 is 1.89 bits per heavy atom. The number of methoxy groups -OCH3 is 1. The molecule has 0 radical (unpaired) electrons. The third-order valence-corrected chi connectivity index (χ3v) is 7.09. The van der Waals surface area contributed by atoms with Gasteiger partial charge in [0, 0.05) is 37.3 Å². The lowest BCUT2D eigenvalue weighted by atomic mass is 9.96. The van der Waals surface area contributed by atoms with Gasteiger partial charge in [-0.25, -0.2) is 0 Å². The Hall–Kier alpha value is -3.93. The molecule has 5 nitrogen and oxygen atoms in total. The smallest absolute Gasteiger partial charge is 0.253 e. The van der Waals surface area contributed by atoms with E-state index in [1.54, 1.807) is 7.11 Å². The number of piperazine rings is 1. The van der Waals surface area contributed by atoms with E-state index in [1.165, 1.54) is 11.1 Å². The molecule has 0 atom stereocenters. The van der Waals surface area contributed by atoms with E-state index in [-0.39, 0.29) is 11.9 Å². The van der Waals surface area contributed by atoms with Crippen LogP contribution >= 0.6 is 0 Å². The van der Waals surface area contributed by atoms with E-state index in [9.17, 15) is 4.79 Å². The summed E-state index contributed by atoms with van der Waals surface area (Å²) >= 11 is 0. The Kier molecular flexibility index (Phi) is 8.49. The summed E-state index contributed by atoms with van der Waals surface area (Å²) in [6.45, 7) is 3.87. The molecule has 38 heavy (non-hydrogen) atoms. The number of amides is 1. The normalized spacial score (nSPS) is 14.0. The van der Waals surface area contributed by atoms with Gasteiger partial charge >= 0.3 is 0 Å². The maximum Gasteiger partial charge on any atom is 0.253 e. The van der Waals surface area contributed by atoms with Crippen LogP contribution in [0.3, 0.4) is 0 Å². The molecule has 0 bridgehead atoms. The highest BCUT2D eigenvalue weighted by atomic mass is 16.5. The van der Waals surface area contributed by atoms with Gasteiger partial charge < -0.3 is 14.4 Å². The molecule has 1 fully saturated rings. The summed E-state index contributed by atoms with van der Waals surface area (Å²) < 4.78 is 11.5. The number of nitrogens with zero attached hydrogens (tertiary/aromatic N) is 2. The second kappa shape index (κ2) is 12.5. The fourth-order valence-electron chi connectivity index (χ4n) is 5.13. The van der Waals surface area contributed by atoms with Gasteiger partial charge in [-0.05, 0) is 34.9 Å². The third-order valence-electron chi connectivity index (χ3n) is 7.09. The van der Waals surface area contributed by atoms with Gasteiger partial charge in [-0.2, -0.15) is 0 Å². The largest absolute Gasteiger partial charge is 0.496 e. The average Bonchev–Trinajstić information content (AvgIpc) is 2.99. The Labute approximate surface area is 225 Å². The lowest BCUT2D eigenvalue weighted by molar-refractivity contribution is 0.0596. The Balaban J connectivity index is 1.25. The number of carbonyl (C=O) groups excluding carboxylic acids is 1. The molecule has 1 aliphatic heterocycles. The molecule has 0 N–H and O–H groups in total. The standard InChI is InChI=1S/C33H34N2O3/c1-37-31-18-17-29(23-30(31)25-38-24-26-11-5-2-6-12-26)33(36)35-21-19-34(20-22-35)32(27-13-7-3-8-14-27)28-15-9-4-10-16-28/h2-18,23,32H,19-22,24-25H2,1H3. The molecular weight excluding hydrogens is 472 g/mol. The Morgan fingerprint density at radius 1 is 0.737 bits per heavy atom. The maximum absolute atomic E-state index is 13.5. The Morgan fingerprint density at radius 2 is 1.32 bits per heavy atom. The molecule has 0 aromatic heterocycles. The van der Waals surface area contributed by atoms with E-state index in [0.717, 1.165) is 30.0 Å². The summed E-state index contributed by atoms with van der Waals surface area (Å²) in [4.78, 5) is 17.9. The zero-order valence-corrected chi connectivity index (χ0v) is 21.8. The van der Waals surface area contributed by atoms with Crippen molar-refractivity contribution in [2.45, 2.75) is 19.3 Å². The number of hydrogen-bond donors (Lipinski definition) is 0. The first-order valence-electron chi connectivity index (χ1n) is 13.1. The molecule has 1 aliphatic rings. The second-order valence-corrected chi connectivity index (χ2v) is 9.56.